The van der Waals surface area contributed by atoms with E-state index < -0.39 is 5.97 Å². The Balaban J connectivity index is 1.95. The molecule has 0 amide bonds. The number of carbonyl (C=O) groups excluding carboxylic acids is 1. The van der Waals surface area contributed by atoms with Crippen molar-refractivity contribution in [2.24, 2.45) is 0 Å². The molecule has 2 aromatic rings. The highest BCUT2D eigenvalue weighted by molar-refractivity contribution is 5.89. The van der Waals surface area contributed by atoms with Gasteiger partial charge < -0.3 is 15.0 Å². The van der Waals surface area contributed by atoms with Crippen molar-refractivity contribution in [3.05, 3.63) is 47.9 Å². The van der Waals surface area contributed by atoms with Crippen molar-refractivity contribution in [1.29, 1.82) is 0 Å². The standard InChI is InChI=1S/C11H10N2O3/c12-10-3-1-9(2-4-10)11(14)15-6-8-5-13-16-7-8/h1-5,7H,6,12H2. The van der Waals surface area contributed by atoms with Gasteiger partial charge in [0.05, 0.1) is 11.8 Å². The first-order valence-corrected chi connectivity index (χ1v) is 4.66. The van der Waals surface area contributed by atoms with E-state index in [9.17, 15) is 4.79 Å². The largest absolute Gasteiger partial charge is 0.457 e. The molecule has 0 radical (unpaired) electrons. The predicted octanol–water partition coefficient (Wildman–Crippen LogP) is 1.61. The molecule has 1 aromatic carbocycles. The Morgan fingerprint density at radius 3 is 2.75 bits per heavy atom. The van der Waals surface area contributed by atoms with Gasteiger partial charge in [-0.05, 0) is 24.3 Å². The van der Waals surface area contributed by atoms with Crippen LogP contribution in [0, 0.1) is 0 Å². The van der Waals surface area contributed by atoms with Crippen LogP contribution in [0.25, 0.3) is 0 Å². The lowest BCUT2D eigenvalue weighted by molar-refractivity contribution is 0.0472. The summed E-state index contributed by atoms with van der Waals surface area (Å²) in [5.74, 6) is -0.402. The third-order valence-electron chi connectivity index (χ3n) is 2.00. The molecule has 0 saturated carbocycles. The second kappa shape index (κ2) is 4.48. The number of nitrogens with zero attached hydrogens (tertiary/aromatic N) is 1. The number of aromatic nitrogens is 1. The van der Waals surface area contributed by atoms with Gasteiger partial charge >= 0.3 is 5.97 Å². The molecule has 5 heteroatoms. The maximum atomic E-state index is 11.5. The van der Waals surface area contributed by atoms with Crippen LogP contribution in [-0.4, -0.2) is 11.1 Å². The van der Waals surface area contributed by atoms with Crippen molar-refractivity contribution in [3.8, 4) is 0 Å². The van der Waals surface area contributed by atoms with Gasteiger partial charge in [0.25, 0.3) is 0 Å². The number of nitrogen functional groups attached to an aromatic ring is 1. The summed E-state index contributed by atoms with van der Waals surface area (Å²) in [5.41, 5.74) is 7.29. The van der Waals surface area contributed by atoms with Crippen LogP contribution in [0.2, 0.25) is 0 Å². The van der Waals surface area contributed by atoms with Crippen LogP contribution in [0.1, 0.15) is 15.9 Å². The maximum absolute atomic E-state index is 11.5. The summed E-state index contributed by atoms with van der Waals surface area (Å²) in [4.78, 5) is 11.5. The van der Waals surface area contributed by atoms with Crippen molar-refractivity contribution in [2.75, 3.05) is 5.73 Å². The summed E-state index contributed by atoms with van der Waals surface area (Å²) < 4.78 is 9.64. The Morgan fingerprint density at radius 1 is 1.38 bits per heavy atom. The molecular formula is C11H10N2O3. The highest BCUT2D eigenvalue weighted by Gasteiger charge is 2.07. The van der Waals surface area contributed by atoms with E-state index in [1.165, 1.54) is 12.5 Å². The number of carbonyl (C=O) groups is 1. The third-order valence-corrected chi connectivity index (χ3v) is 2.00. The second-order valence-corrected chi connectivity index (χ2v) is 3.23. The number of ether oxygens (including phenoxy) is 1. The summed E-state index contributed by atoms with van der Waals surface area (Å²) in [5, 5.41) is 3.50. The van der Waals surface area contributed by atoms with Gasteiger partial charge in [0.1, 0.15) is 12.9 Å². The molecule has 0 unspecified atom stereocenters. The number of hydrogen-bond donors (Lipinski definition) is 1. The molecule has 0 bridgehead atoms. The summed E-state index contributed by atoms with van der Waals surface area (Å²) in [6, 6.07) is 6.53. The van der Waals surface area contributed by atoms with Crippen LogP contribution < -0.4 is 5.73 Å². The van der Waals surface area contributed by atoms with Gasteiger partial charge in [-0.2, -0.15) is 0 Å². The molecule has 1 heterocycles. The fourth-order valence-corrected chi connectivity index (χ4v) is 1.15. The molecule has 1 aromatic heterocycles. The fraction of sp³-hybridized carbons (Fsp3) is 0.0909. The minimum absolute atomic E-state index is 0.146. The van der Waals surface area contributed by atoms with Gasteiger partial charge in [0.15, 0.2) is 0 Å². The third kappa shape index (κ3) is 2.38. The molecule has 2 N–H and O–H groups in total. The minimum Gasteiger partial charge on any atom is -0.457 e. The number of rotatable bonds is 3. The Kier molecular flexibility index (Phi) is 2.86. The number of esters is 1. The van der Waals surface area contributed by atoms with Gasteiger partial charge in [-0.1, -0.05) is 5.16 Å². The Hall–Kier alpha value is -2.30. The van der Waals surface area contributed by atoms with Crippen LogP contribution in [0.4, 0.5) is 5.69 Å². The molecule has 0 aliphatic carbocycles. The quantitative estimate of drug-likeness (QED) is 0.625. The second-order valence-electron chi connectivity index (χ2n) is 3.23. The average Bonchev–Trinajstić information content (AvgIpc) is 2.80. The monoisotopic (exact) mass is 218 g/mol. The lowest BCUT2D eigenvalue weighted by Crippen LogP contribution is -2.04. The Morgan fingerprint density at radius 2 is 2.12 bits per heavy atom. The van der Waals surface area contributed by atoms with Gasteiger partial charge in [0.2, 0.25) is 0 Å². The van der Waals surface area contributed by atoms with E-state index in [2.05, 4.69) is 9.68 Å². The summed E-state index contributed by atoms with van der Waals surface area (Å²) in [7, 11) is 0. The van der Waals surface area contributed by atoms with E-state index in [1.807, 2.05) is 0 Å². The zero-order valence-corrected chi connectivity index (χ0v) is 8.42. The van der Waals surface area contributed by atoms with Crippen molar-refractivity contribution in [1.82, 2.24) is 5.16 Å². The predicted molar refractivity (Wildman–Crippen MR) is 56.5 cm³/mol. The first-order valence-electron chi connectivity index (χ1n) is 4.66. The van der Waals surface area contributed by atoms with Crippen molar-refractivity contribution in [3.63, 3.8) is 0 Å². The van der Waals surface area contributed by atoms with E-state index in [4.69, 9.17) is 10.5 Å². The maximum Gasteiger partial charge on any atom is 0.338 e. The zero-order chi connectivity index (χ0) is 11.4. The molecule has 0 spiro atoms. The highest BCUT2D eigenvalue weighted by Crippen LogP contribution is 2.08. The van der Waals surface area contributed by atoms with Crippen molar-refractivity contribution in [2.45, 2.75) is 6.61 Å². The van der Waals surface area contributed by atoms with E-state index in [1.54, 1.807) is 24.3 Å². The Labute approximate surface area is 91.8 Å². The topological polar surface area (TPSA) is 78.4 Å². The first kappa shape index (κ1) is 10.2. The van der Waals surface area contributed by atoms with Gasteiger partial charge in [-0.3, -0.25) is 0 Å². The summed E-state index contributed by atoms with van der Waals surface area (Å²) in [6.07, 6.45) is 2.92. The molecular weight excluding hydrogens is 208 g/mol. The van der Waals surface area contributed by atoms with Gasteiger partial charge in [-0.25, -0.2) is 4.79 Å². The van der Waals surface area contributed by atoms with E-state index in [0.717, 1.165) is 0 Å². The van der Waals surface area contributed by atoms with Crippen molar-refractivity contribution >= 4 is 11.7 Å². The fourth-order valence-electron chi connectivity index (χ4n) is 1.15. The van der Waals surface area contributed by atoms with Crippen LogP contribution >= 0.6 is 0 Å². The summed E-state index contributed by atoms with van der Waals surface area (Å²) in [6.45, 7) is 0.146. The number of benzene rings is 1. The first-order chi connectivity index (χ1) is 7.75. The number of nitrogens with two attached hydrogens (primary N) is 1. The molecule has 0 aliphatic heterocycles. The molecule has 0 aliphatic rings. The highest BCUT2D eigenvalue weighted by atomic mass is 16.5. The van der Waals surface area contributed by atoms with Gasteiger partial charge in [0, 0.05) is 11.3 Å². The van der Waals surface area contributed by atoms with Crippen molar-refractivity contribution < 1.29 is 14.1 Å². The van der Waals surface area contributed by atoms with Crippen LogP contribution in [0.3, 0.4) is 0 Å². The lowest BCUT2D eigenvalue weighted by atomic mass is 10.2. The number of hydrogen-bond acceptors (Lipinski definition) is 5. The normalized spacial score (nSPS) is 10.0. The molecule has 0 atom stereocenters. The SMILES string of the molecule is Nc1ccc(C(=O)OCc2cnoc2)cc1. The van der Waals surface area contributed by atoms with E-state index >= 15 is 0 Å². The number of anilines is 1. The molecule has 82 valence electrons. The van der Waals surface area contributed by atoms with Crippen LogP contribution in [-0.2, 0) is 11.3 Å². The summed E-state index contributed by atoms with van der Waals surface area (Å²) >= 11 is 0. The van der Waals surface area contributed by atoms with E-state index in [-0.39, 0.29) is 6.61 Å². The van der Waals surface area contributed by atoms with E-state index in [0.29, 0.717) is 16.8 Å². The molecule has 5 nitrogen and oxygen atoms in total. The minimum atomic E-state index is -0.402. The Bertz CT molecular complexity index is 462. The molecule has 0 saturated heterocycles. The molecule has 16 heavy (non-hydrogen) atoms. The van der Waals surface area contributed by atoms with Crippen LogP contribution in [0.15, 0.2) is 41.2 Å². The zero-order valence-electron chi connectivity index (χ0n) is 8.42. The smallest absolute Gasteiger partial charge is 0.338 e. The van der Waals surface area contributed by atoms with Gasteiger partial charge in [-0.15, -0.1) is 0 Å². The average molecular weight is 218 g/mol. The molecule has 2 rings (SSSR count). The molecule has 0 fully saturated rings. The lowest BCUT2D eigenvalue weighted by Gasteiger charge is -2.02. The van der Waals surface area contributed by atoms with Crippen LogP contribution in [0.5, 0.6) is 0 Å².